The summed E-state index contributed by atoms with van der Waals surface area (Å²) in [4.78, 5) is 12.2. The van der Waals surface area contributed by atoms with E-state index in [0.29, 0.717) is 16.9 Å². The van der Waals surface area contributed by atoms with Crippen molar-refractivity contribution in [3.8, 4) is 0 Å². The van der Waals surface area contributed by atoms with Crippen LogP contribution >= 0.6 is 0 Å². The molecule has 2 fully saturated rings. The number of carbonyl (C=O) groups is 1. The maximum atomic E-state index is 12.2. The number of hydrogen-bond acceptors (Lipinski definition) is 2. The molecule has 0 spiro atoms. The van der Waals surface area contributed by atoms with Crippen molar-refractivity contribution in [3.05, 3.63) is 35.4 Å². The fourth-order valence-corrected chi connectivity index (χ4v) is 4.07. The third-order valence-corrected chi connectivity index (χ3v) is 6.08. The Morgan fingerprint density at radius 1 is 1.33 bits per heavy atom. The molecule has 0 unspecified atom stereocenters. The number of rotatable bonds is 2. The minimum atomic E-state index is -0.115. The molecule has 3 rings (SSSR count). The van der Waals surface area contributed by atoms with Crippen LogP contribution < -0.4 is 5.43 Å². The number of nitrogens with one attached hydrogen (secondary N) is 1. The van der Waals surface area contributed by atoms with Gasteiger partial charge in [-0.25, -0.2) is 5.43 Å². The lowest BCUT2D eigenvalue weighted by atomic mass is 9.70. The highest BCUT2D eigenvalue weighted by Gasteiger charge is 2.59. The number of fused-ring (bicyclic) bond motifs is 2. The molecule has 3 nitrogen and oxygen atoms in total. The smallest absolute Gasteiger partial charge is 0.267 e. The predicted octanol–water partition coefficient (Wildman–Crippen LogP) is 3.93. The van der Waals surface area contributed by atoms with Crippen molar-refractivity contribution in [3.63, 3.8) is 0 Å². The van der Waals surface area contributed by atoms with Gasteiger partial charge in [0, 0.05) is 16.7 Å². The molecule has 0 heterocycles. The van der Waals surface area contributed by atoms with Crippen molar-refractivity contribution in [1.29, 1.82) is 0 Å². The van der Waals surface area contributed by atoms with Crippen LogP contribution in [0.5, 0.6) is 0 Å². The van der Waals surface area contributed by atoms with E-state index in [1.807, 2.05) is 31.2 Å². The van der Waals surface area contributed by atoms with Crippen LogP contribution in [0.3, 0.4) is 0 Å². The Hall–Kier alpha value is -1.64. The van der Waals surface area contributed by atoms with Gasteiger partial charge < -0.3 is 0 Å². The van der Waals surface area contributed by atoms with Gasteiger partial charge in [0.05, 0.1) is 0 Å². The number of hydrazone groups is 1. The molecule has 1 amide bonds. The van der Waals surface area contributed by atoms with Crippen LogP contribution in [0, 0.1) is 23.7 Å². The molecule has 2 saturated carbocycles. The van der Waals surface area contributed by atoms with Crippen molar-refractivity contribution in [2.45, 2.75) is 47.0 Å². The third-order valence-electron chi connectivity index (χ3n) is 6.08. The van der Waals surface area contributed by atoms with Crippen LogP contribution in [0.4, 0.5) is 0 Å². The van der Waals surface area contributed by atoms with Gasteiger partial charge >= 0.3 is 0 Å². The van der Waals surface area contributed by atoms with Crippen LogP contribution in [0.15, 0.2) is 29.4 Å². The molecular weight excluding hydrogens is 260 g/mol. The lowest BCUT2D eigenvalue weighted by molar-refractivity contribution is 0.0954. The second kappa shape index (κ2) is 4.69. The maximum Gasteiger partial charge on any atom is 0.271 e. The van der Waals surface area contributed by atoms with Crippen molar-refractivity contribution in [2.24, 2.45) is 21.8 Å². The first-order valence-corrected chi connectivity index (χ1v) is 7.78. The van der Waals surface area contributed by atoms with Crippen molar-refractivity contribution < 1.29 is 4.79 Å². The highest BCUT2D eigenvalue weighted by Crippen LogP contribution is 2.63. The van der Waals surface area contributed by atoms with Crippen LogP contribution in [-0.4, -0.2) is 11.6 Å². The third kappa shape index (κ3) is 2.10. The molecule has 1 aromatic carbocycles. The minimum Gasteiger partial charge on any atom is -0.267 e. The van der Waals surface area contributed by atoms with E-state index >= 15 is 0 Å². The van der Waals surface area contributed by atoms with Crippen LogP contribution in [0.1, 0.15) is 56.0 Å². The minimum absolute atomic E-state index is 0.115. The summed E-state index contributed by atoms with van der Waals surface area (Å²) in [6, 6.07) is 7.61. The van der Waals surface area contributed by atoms with E-state index in [-0.39, 0.29) is 11.3 Å². The number of amides is 1. The second-order valence-corrected chi connectivity index (χ2v) is 7.36. The Morgan fingerprint density at radius 2 is 2.10 bits per heavy atom. The van der Waals surface area contributed by atoms with E-state index in [2.05, 4.69) is 31.3 Å². The van der Waals surface area contributed by atoms with Gasteiger partial charge in [0.2, 0.25) is 0 Å². The fraction of sp³-hybridized carbons (Fsp3) is 0.556. The topological polar surface area (TPSA) is 41.5 Å². The van der Waals surface area contributed by atoms with Gasteiger partial charge in [-0.3, -0.25) is 4.79 Å². The number of hydrogen-bond donors (Lipinski definition) is 1. The van der Waals surface area contributed by atoms with Gasteiger partial charge in [-0.2, -0.15) is 5.10 Å². The standard InChI is InChI=1S/C18H24N2O/c1-12-6-5-7-13(10-12)16(21)20-19-15-11-14-8-9-18(15,4)17(14,2)3/h5-7,10,14H,8-9,11H2,1-4H3,(H,20,21)/b19-15-/t14-,18-/m1/s1. The van der Waals surface area contributed by atoms with Crippen LogP contribution in [-0.2, 0) is 0 Å². The summed E-state index contributed by atoms with van der Waals surface area (Å²) in [5, 5.41) is 4.50. The number of nitrogens with zero attached hydrogens (tertiary/aromatic N) is 1. The summed E-state index contributed by atoms with van der Waals surface area (Å²) in [5.74, 6) is 0.590. The first-order valence-electron chi connectivity index (χ1n) is 7.78. The molecule has 112 valence electrons. The molecule has 0 aliphatic heterocycles. The van der Waals surface area contributed by atoms with E-state index in [1.165, 1.54) is 18.6 Å². The summed E-state index contributed by atoms with van der Waals surface area (Å²) < 4.78 is 0. The lowest BCUT2D eigenvalue weighted by Gasteiger charge is -2.34. The quantitative estimate of drug-likeness (QED) is 0.821. The molecule has 0 radical (unpaired) electrons. The SMILES string of the molecule is Cc1cccc(C(=O)N/N=C2/C[C@H]3CC[C@@]2(C)C3(C)C)c1. The van der Waals surface area contributed by atoms with E-state index in [4.69, 9.17) is 0 Å². The Labute approximate surface area is 126 Å². The van der Waals surface area contributed by atoms with Crippen molar-refractivity contribution in [1.82, 2.24) is 5.43 Å². The zero-order valence-corrected chi connectivity index (χ0v) is 13.4. The predicted molar refractivity (Wildman–Crippen MR) is 85.3 cm³/mol. The van der Waals surface area contributed by atoms with E-state index in [9.17, 15) is 4.79 Å². The molecular formula is C18H24N2O. The van der Waals surface area contributed by atoms with Crippen molar-refractivity contribution in [2.75, 3.05) is 0 Å². The van der Waals surface area contributed by atoms with Crippen LogP contribution in [0.25, 0.3) is 0 Å². The maximum absolute atomic E-state index is 12.2. The summed E-state index contributed by atoms with van der Waals surface area (Å²) in [6.45, 7) is 8.98. The zero-order valence-electron chi connectivity index (χ0n) is 13.4. The number of benzene rings is 1. The Balaban J connectivity index is 1.77. The van der Waals surface area contributed by atoms with Crippen molar-refractivity contribution >= 4 is 11.6 Å². The molecule has 1 N–H and O–H groups in total. The Morgan fingerprint density at radius 3 is 2.67 bits per heavy atom. The van der Waals surface area contributed by atoms with Gasteiger partial charge in [-0.1, -0.05) is 38.5 Å². The second-order valence-electron chi connectivity index (χ2n) is 7.36. The molecule has 2 aliphatic rings. The van der Waals surface area contributed by atoms with E-state index in [0.717, 1.165) is 12.0 Å². The zero-order chi connectivity index (χ0) is 15.3. The first-order chi connectivity index (χ1) is 9.84. The van der Waals surface area contributed by atoms with Gasteiger partial charge in [0.1, 0.15) is 0 Å². The highest BCUT2D eigenvalue weighted by molar-refractivity contribution is 5.98. The Bertz CT molecular complexity index is 617. The molecule has 2 atom stereocenters. The number of carbonyl (C=O) groups excluding carboxylic acids is 1. The number of aryl methyl sites for hydroxylation is 1. The molecule has 2 bridgehead atoms. The molecule has 3 heteroatoms. The summed E-state index contributed by atoms with van der Waals surface area (Å²) in [7, 11) is 0. The molecule has 21 heavy (non-hydrogen) atoms. The molecule has 1 aromatic rings. The molecule has 0 saturated heterocycles. The summed E-state index contributed by atoms with van der Waals surface area (Å²) in [5.41, 5.74) is 6.12. The lowest BCUT2D eigenvalue weighted by Crippen LogP contribution is -2.34. The van der Waals surface area contributed by atoms with Gasteiger partial charge in [-0.05, 0) is 49.7 Å². The van der Waals surface area contributed by atoms with Gasteiger partial charge in [-0.15, -0.1) is 0 Å². The average molecular weight is 284 g/mol. The summed E-state index contributed by atoms with van der Waals surface area (Å²) >= 11 is 0. The highest BCUT2D eigenvalue weighted by atomic mass is 16.2. The Kier molecular flexibility index (Phi) is 3.19. The average Bonchev–Trinajstić information content (AvgIpc) is 2.77. The fourth-order valence-electron chi connectivity index (χ4n) is 4.07. The van der Waals surface area contributed by atoms with E-state index < -0.39 is 0 Å². The monoisotopic (exact) mass is 284 g/mol. The van der Waals surface area contributed by atoms with Gasteiger partial charge in [0.25, 0.3) is 5.91 Å². The van der Waals surface area contributed by atoms with Crippen LogP contribution in [0.2, 0.25) is 0 Å². The first kappa shape index (κ1) is 14.3. The normalized spacial score (nSPS) is 31.6. The molecule has 2 aliphatic carbocycles. The van der Waals surface area contributed by atoms with E-state index in [1.54, 1.807) is 0 Å². The summed E-state index contributed by atoms with van der Waals surface area (Å²) in [6.07, 6.45) is 3.50. The largest absolute Gasteiger partial charge is 0.271 e. The van der Waals surface area contributed by atoms with Gasteiger partial charge in [0.15, 0.2) is 0 Å². The molecule has 0 aromatic heterocycles.